The van der Waals surface area contributed by atoms with Crippen molar-refractivity contribution in [2.75, 3.05) is 17.7 Å². The van der Waals surface area contributed by atoms with Crippen molar-refractivity contribution in [3.05, 3.63) is 38.2 Å². The molecule has 0 saturated carbocycles. The highest BCUT2D eigenvalue weighted by Crippen LogP contribution is 2.24. The molecule has 2 heterocycles. The van der Waals surface area contributed by atoms with Crippen molar-refractivity contribution in [2.24, 2.45) is 0 Å². The maximum absolute atomic E-state index is 11.0. The van der Waals surface area contributed by atoms with E-state index >= 15 is 0 Å². The summed E-state index contributed by atoms with van der Waals surface area (Å²) < 4.78 is 0. The van der Waals surface area contributed by atoms with E-state index in [0.717, 1.165) is 11.3 Å². The third kappa shape index (κ3) is 3.02. The van der Waals surface area contributed by atoms with E-state index in [1.54, 1.807) is 18.4 Å². The molecule has 0 aliphatic carbocycles. The van der Waals surface area contributed by atoms with Gasteiger partial charge in [0.25, 0.3) is 0 Å². The molecule has 0 saturated heterocycles. The van der Waals surface area contributed by atoms with E-state index < -0.39 is 4.92 Å². The van der Waals surface area contributed by atoms with Gasteiger partial charge in [0.1, 0.15) is 6.20 Å². The number of nitrogens with one attached hydrogen (secondary N) is 2. The molecule has 2 N–H and O–H groups in total. The molecule has 2 aromatic heterocycles. The van der Waals surface area contributed by atoms with Crippen LogP contribution in [-0.2, 0) is 13.0 Å². The topological polar surface area (TPSA) is 93.0 Å². The van der Waals surface area contributed by atoms with E-state index in [1.165, 1.54) is 11.8 Å². The molecule has 0 bridgehead atoms. The number of thiophene rings is 1. The lowest BCUT2D eigenvalue weighted by molar-refractivity contribution is -0.384. The Labute approximate surface area is 120 Å². The van der Waals surface area contributed by atoms with Crippen LogP contribution in [0, 0.1) is 10.1 Å². The van der Waals surface area contributed by atoms with Gasteiger partial charge in [0.2, 0.25) is 11.8 Å². The average molecular weight is 293 g/mol. The zero-order valence-corrected chi connectivity index (χ0v) is 12.0. The van der Waals surface area contributed by atoms with Crippen molar-refractivity contribution in [3.63, 3.8) is 0 Å². The molecular weight excluding hydrogens is 278 g/mol. The fourth-order valence-corrected chi connectivity index (χ4v) is 2.68. The summed E-state index contributed by atoms with van der Waals surface area (Å²) in [6, 6.07) is 2.06. The predicted octanol–water partition coefficient (Wildman–Crippen LogP) is 2.66. The highest BCUT2D eigenvalue weighted by molar-refractivity contribution is 7.10. The number of nitrogens with zero attached hydrogens (tertiary/aromatic N) is 3. The van der Waals surface area contributed by atoms with Crippen molar-refractivity contribution in [1.82, 2.24) is 9.97 Å². The molecule has 8 heteroatoms. The Hall–Kier alpha value is -2.22. The summed E-state index contributed by atoms with van der Waals surface area (Å²) in [7, 11) is 1.67. The van der Waals surface area contributed by atoms with Crippen LogP contribution in [0.1, 0.15) is 17.4 Å². The van der Waals surface area contributed by atoms with Gasteiger partial charge < -0.3 is 10.6 Å². The van der Waals surface area contributed by atoms with Gasteiger partial charge in [-0.05, 0) is 23.4 Å². The van der Waals surface area contributed by atoms with E-state index in [-0.39, 0.29) is 11.5 Å². The number of rotatable bonds is 6. The van der Waals surface area contributed by atoms with Gasteiger partial charge in [-0.3, -0.25) is 10.1 Å². The number of aryl methyl sites for hydroxylation is 1. The van der Waals surface area contributed by atoms with E-state index in [0.29, 0.717) is 12.5 Å². The maximum atomic E-state index is 11.0. The summed E-state index contributed by atoms with van der Waals surface area (Å²) in [4.78, 5) is 19.6. The van der Waals surface area contributed by atoms with Crippen molar-refractivity contribution >= 4 is 28.8 Å². The summed E-state index contributed by atoms with van der Waals surface area (Å²) in [5.74, 6) is 0.574. The Morgan fingerprint density at radius 1 is 1.50 bits per heavy atom. The Kier molecular flexibility index (Phi) is 4.46. The van der Waals surface area contributed by atoms with Crippen LogP contribution in [0.2, 0.25) is 0 Å². The minimum absolute atomic E-state index is 0.126. The van der Waals surface area contributed by atoms with Gasteiger partial charge in [-0.25, -0.2) is 4.98 Å². The summed E-state index contributed by atoms with van der Waals surface area (Å²) in [5.41, 5.74) is 1.12. The first kappa shape index (κ1) is 14.2. The molecule has 0 atom stereocenters. The second-order valence-corrected chi connectivity index (χ2v) is 5.01. The van der Waals surface area contributed by atoms with Crippen LogP contribution in [0.4, 0.5) is 17.5 Å². The predicted molar refractivity (Wildman–Crippen MR) is 79.3 cm³/mol. The summed E-state index contributed by atoms with van der Waals surface area (Å²) in [6.45, 7) is 2.60. The third-order valence-corrected chi connectivity index (χ3v) is 3.79. The smallest absolute Gasteiger partial charge is 0.329 e. The highest BCUT2D eigenvalue weighted by Gasteiger charge is 2.17. The fourth-order valence-electron chi connectivity index (χ4n) is 1.76. The van der Waals surface area contributed by atoms with Gasteiger partial charge in [0.15, 0.2) is 0 Å². The van der Waals surface area contributed by atoms with Crippen LogP contribution in [-0.4, -0.2) is 21.9 Å². The van der Waals surface area contributed by atoms with Gasteiger partial charge in [-0.2, -0.15) is 4.98 Å². The van der Waals surface area contributed by atoms with Gasteiger partial charge in [-0.15, -0.1) is 11.3 Å². The standard InChI is InChI=1S/C12H15N5O2S/c1-3-8-4-5-20-10(8)7-14-11-9(17(18)19)6-15-12(13-2)16-11/h4-6H,3,7H2,1-2H3,(H2,13,14,15,16). The van der Waals surface area contributed by atoms with Crippen LogP contribution >= 0.6 is 11.3 Å². The number of nitro groups is 1. The molecule has 0 spiro atoms. The maximum Gasteiger partial charge on any atom is 0.329 e. The lowest BCUT2D eigenvalue weighted by atomic mass is 10.2. The number of aromatic nitrogens is 2. The Balaban J connectivity index is 2.21. The zero-order valence-electron chi connectivity index (χ0n) is 11.2. The summed E-state index contributed by atoms with van der Waals surface area (Å²) in [5, 5.41) is 18.8. The van der Waals surface area contributed by atoms with Crippen LogP contribution in [0.25, 0.3) is 0 Å². The monoisotopic (exact) mass is 293 g/mol. The molecule has 0 aliphatic rings. The summed E-state index contributed by atoms with van der Waals surface area (Å²) in [6.07, 6.45) is 2.14. The highest BCUT2D eigenvalue weighted by atomic mass is 32.1. The van der Waals surface area contributed by atoms with Crippen LogP contribution in [0.5, 0.6) is 0 Å². The Bertz CT molecular complexity index is 614. The average Bonchev–Trinajstić information content (AvgIpc) is 2.91. The lowest BCUT2D eigenvalue weighted by Crippen LogP contribution is -2.07. The second-order valence-electron chi connectivity index (χ2n) is 4.01. The molecule has 106 valence electrons. The molecule has 2 rings (SSSR count). The largest absolute Gasteiger partial charge is 0.359 e. The SMILES string of the molecule is CCc1ccsc1CNc1nc(NC)ncc1[N+](=O)[O-]. The zero-order chi connectivity index (χ0) is 14.5. The van der Waals surface area contributed by atoms with Gasteiger partial charge in [0.05, 0.1) is 11.5 Å². The summed E-state index contributed by atoms with van der Waals surface area (Å²) >= 11 is 1.63. The number of hydrogen-bond acceptors (Lipinski definition) is 7. The van der Waals surface area contributed by atoms with E-state index in [1.807, 2.05) is 5.38 Å². The van der Waals surface area contributed by atoms with Gasteiger partial charge in [-0.1, -0.05) is 6.92 Å². The van der Waals surface area contributed by atoms with Crippen molar-refractivity contribution < 1.29 is 4.92 Å². The van der Waals surface area contributed by atoms with E-state index in [2.05, 4.69) is 33.6 Å². The molecule has 2 aromatic rings. The van der Waals surface area contributed by atoms with Crippen molar-refractivity contribution in [1.29, 1.82) is 0 Å². The first-order valence-electron chi connectivity index (χ1n) is 6.14. The first-order valence-corrected chi connectivity index (χ1v) is 7.02. The lowest BCUT2D eigenvalue weighted by Gasteiger charge is -2.07. The van der Waals surface area contributed by atoms with Gasteiger partial charge >= 0.3 is 5.69 Å². The third-order valence-electron chi connectivity index (χ3n) is 2.82. The number of anilines is 2. The van der Waals surface area contributed by atoms with Crippen LogP contribution < -0.4 is 10.6 Å². The normalized spacial score (nSPS) is 10.3. The quantitative estimate of drug-likeness (QED) is 0.628. The first-order chi connectivity index (χ1) is 9.65. The molecule has 7 nitrogen and oxygen atoms in total. The minimum atomic E-state index is -0.489. The molecular formula is C12H15N5O2S. The van der Waals surface area contributed by atoms with Crippen LogP contribution in [0.3, 0.4) is 0 Å². The van der Waals surface area contributed by atoms with Gasteiger partial charge in [0, 0.05) is 11.9 Å². The van der Waals surface area contributed by atoms with Crippen LogP contribution in [0.15, 0.2) is 17.6 Å². The Morgan fingerprint density at radius 3 is 2.95 bits per heavy atom. The second kappa shape index (κ2) is 6.29. The molecule has 0 aromatic carbocycles. The minimum Gasteiger partial charge on any atom is -0.359 e. The molecule has 0 unspecified atom stereocenters. The Morgan fingerprint density at radius 2 is 2.30 bits per heavy atom. The fraction of sp³-hybridized carbons (Fsp3) is 0.333. The molecule has 0 aliphatic heterocycles. The van der Waals surface area contributed by atoms with E-state index in [4.69, 9.17) is 0 Å². The van der Waals surface area contributed by atoms with E-state index in [9.17, 15) is 10.1 Å². The molecule has 0 amide bonds. The molecule has 0 radical (unpaired) electrons. The molecule has 0 fully saturated rings. The number of hydrogen-bond donors (Lipinski definition) is 2. The van der Waals surface area contributed by atoms with Crippen molar-refractivity contribution in [2.45, 2.75) is 19.9 Å². The van der Waals surface area contributed by atoms with Crippen molar-refractivity contribution in [3.8, 4) is 0 Å². The molecule has 20 heavy (non-hydrogen) atoms.